The average Bonchev–Trinajstić information content (AvgIpc) is 3.02. The van der Waals surface area contributed by atoms with Gasteiger partial charge >= 0.3 is 0 Å². The zero-order valence-electron chi connectivity index (χ0n) is 12.5. The van der Waals surface area contributed by atoms with Gasteiger partial charge in [-0.1, -0.05) is 12.1 Å². The molecule has 6 heteroatoms. The summed E-state index contributed by atoms with van der Waals surface area (Å²) in [6, 6.07) is 9.35. The minimum absolute atomic E-state index is 0.0919. The monoisotopic (exact) mass is 392 g/mol. The lowest BCUT2D eigenvalue weighted by atomic mass is 10.1. The molecule has 1 aromatic carbocycles. The molecule has 2 heterocycles. The molecule has 0 aliphatic carbocycles. The summed E-state index contributed by atoms with van der Waals surface area (Å²) >= 11 is 5.12. The molecule has 2 amide bonds. The Balaban J connectivity index is 1.48. The third kappa shape index (κ3) is 3.82. The highest BCUT2D eigenvalue weighted by molar-refractivity contribution is 9.10. The van der Waals surface area contributed by atoms with Crippen molar-refractivity contribution in [2.75, 3.05) is 13.1 Å². The fourth-order valence-electron chi connectivity index (χ4n) is 2.64. The predicted molar refractivity (Wildman–Crippen MR) is 94.5 cm³/mol. The van der Waals surface area contributed by atoms with Gasteiger partial charge in [0.05, 0.1) is 5.56 Å². The van der Waals surface area contributed by atoms with Crippen molar-refractivity contribution in [1.82, 2.24) is 10.2 Å². The molecule has 120 valence electrons. The lowest BCUT2D eigenvalue weighted by molar-refractivity contribution is -0.131. The Hall–Kier alpha value is -1.66. The van der Waals surface area contributed by atoms with Gasteiger partial charge in [0.25, 0.3) is 5.91 Å². The Morgan fingerprint density at radius 3 is 2.91 bits per heavy atom. The molecule has 0 fully saturated rings. The van der Waals surface area contributed by atoms with Crippen LogP contribution in [0.5, 0.6) is 0 Å². The van der Waals surface area contributed by atoms with Gasteiger partial charge in [-0.05, 0) is 51.5 Å². The van der Waals surface area contributed by atoms with E-state index in [1.165, 1.54) is 10.4 Å². The summed E-state index contributed by atoms with van der Waals surface area (Å²) in [5, 5.41) is 4.89. The Bertz CT molecular complexity index is 729. The third-order valence-corrected chi connectivity index (χ3v) is 5.62. The number of nitrogens with one attached hydrogen (secondary N) is 1. The normalized spacial score (nSPS) is 13.5. The van der Waals surface area contributed by atoms with E-state index in [0.29, 0.717) is 25.1 Å². The average molecular weight is 393 g/mol. The van der Waals surface area contributed by atoms with E-state index in [1.54, 1.807) is 17.4 Å². The first kappa shape index (κ1) is 16.2. The molecule has 4 nitrogen and oxygen atoms in total. The van der Waals surface area contributed by atoms with E-state index in [9.17, 15) is 9.59 Å². The van der Waals surface area contributed by atoms with E-state index in [0.717, 1.165) is 17.4 Å². The van der Waals surface area contributed by atoms with Crippen LogP contribution in [0, 0.1) is 0 Å². The lowest BCUT2D eigenvalue weighted by Crippen LogP contribution is -2.37. The van der Waals surface area contributed by atoms with E-state index in [2.05, 4.69) is 32.7 Å². The van der Waals surface area contributed by atoms with Crippen LogP contribution in [0.3, 0.4) is 0 Å². The number of halogens is 1. The van der Waals surface area contributed by atoms with E-state index in [4.69, 9.17) is 0 Å². The number of thiophene rings is 1. The number of amides is 2. The Labute approximate surface area is 147 Å². The molecule has 0 saturated heterocycles. The number of carbonyl (C=O) groups is 2. The molecular formula is C17H17BrN2O2S. The standard InChI is InChI=1S/C17H17BrN2O2S/c18-14-4-2-1-3-13(14)17(22)19-8-5-16(21)20-9-6-15-12(11-20)7-10-23-15/h1-4,7,10H,5-6,8-9,11H2,(H,19,22). The van der Waals surface area contributed by atoms with Gasteiger partial charge in [-0.15, -0.1) is 11.3 Å². The fraction of sp³-hybridized carbons (Fsp3) is 0.294. The molecule has 1 N–H and O–H groups in total. The second-order valence-corrected chi connectivity index (χ2v) is 7.28. The third-order valence-electron chi connectivity index (χ3n) is 3.90. The SMILES string of the molecule is O=C(NCCC(=O)N1CCc2sccc2C1)c1ccccc1Br. The van der Waals surface area contributed by atoms with Crippen molar-refractivity contribution in [3.8, 4) is 0 Å². The molecule has 2 aromatic rings. The number of hydrogen-bond donors (Lipinski definition) is 1. The molecule has 1 aliphatic rings. The summed E-state index contributed by atoms with van der Waals surface area (Å²) in [6.45, 7) is 1.81. The summed E-state index contributed by atoms with van der Waals surface area (Å²) in [5.41, 5.74) is 1.84. The first-order valence-corrected chi connectivity index (χ1v) is 9.18. The summed E-state index contributed by atoms with van der Waals surface area (Å²) in [6.07, 6.45) is 1.26. The minimum Gasteiger partial charge on any atom is -0.351 e. The van der Waals surface area contributed by atoms with Gasteiger partial charge in [0.1, 0.15) is 0 Å². The van der Waals surface area contributed by atoms with Crippen molar-refractivity contribution in [1.29, 1.82) is 0 Å². The van der Waals surface area contributed by atoms with Crippen molar-refractivity contribution in [2.24, 2.45) is 0 Å². The van der Waals surface area contributed by atoms with Crippen LogP contribution >= 0.6 is 27.3 Å². The Morgan fingerprint density at radius 2 is 2.09 bits per heavy atom. The van der Waals surface area contributed by atoms with E-state index in [1.807, 2.05) is 23.1 Å². The largest absolute Gasteiger partial charge is 0.351 e. The summed E-state index contributed by atoms with van der Waals surface area (Å²) in [4.78, 5) is 27.6. The second kappa shape index (κ2) is 7.27. The van der Waals surface area contributed by atoms with Crippen molar-refractivity contribution in [3.05, 3.63) is 56.2 Å². The number of hydrogen-bond acceptors (Lipinski definition) is 3. The first-order valence-electron chi connectivity index (χ1n) is 7.51. The van der Waals surface area contributed by atoms with Gasteiger partial charge in [-0.2, -0.15) is 0 Å². The summed E-state index contributed by atoms with van der Waals surface area (Å²) < 4.78 is 0.754. The number of benzene rings is 1. The zero-order chi connectivity index (χ0) is 16.2. The summed E-state index contributed by atoms with van der Waals surface area (Å²) in [7, 11) is 0. The fourth-order valence-corrected chi connectivity index (χ4v) is 4.00. The quantitative estimate of drug-likeness (QED) is 0.867. The number of nitrogens with zero attached hydrogens (tertiary/aromatic N) is 1. The van der Waals surface area contributed by atoms with E-state index in [-0.39, 0.29) is 11.8 Å². The summed E-state index contributed by atoms with van der Waals surface area (Å²) in [5.74, 6) is -0.0710. The van der Waals surface area contributed by atoms with Crippen LogP contribution < -0.4 is 5.32 Å². The number of carbonyl (C=O) groups excluding carboxylic acids is 2. The van der Waals surface area contributed by atoms with Crippen LogP contribution in [-0.2, 0) is 17.8 Å². The minimum atomic E-state index is -0.163. The topological polar surface area (TPSA) is 49.4 Å². The molecule has 0 saturated carbocycles. The molecule has 0 unspecified atom stereocenters. The maximum atomic E-state index is 12.3. The molecule has 0 atom stereocenters. The highest BCUT2D eigenvalue weighted by atomic mass is 79.9. The number of rotatable bonds is 4. The smallest absolute Gasteiger partial charge is 0.252 e. The molecule has 0 bridgehead atoms. The Morgan fingerprint density at radius 1 is 1.26 bits per heavy atom. The Kier molecular flexibility index (Phi) is 5.13. The molecule has 0 spiro atoms. The second-order valence-electron chi connectivity index (χ2n) is 5.42. The first-order chi connectivity index (χ1) is 11.1. The molecule has 1 aromatic heterocycles. The van der Waals surface area contributed by atoms with Crippen LogP contribution in [0.15, 0.2) is 40.2 Å². The van der Waals surface area contributed by atoms with Crippen molar-refractivity contribution in [2.45, 2.75) is 19.4 Å². The molecule has 3 rings (SSSR count). The van der Waals surface area contributed by atoms with Gasteiger partial charge in [-0.3, -0.25) is 9.59 Å². The van der Waals surface area contributed by atoms with Gasteiger partial charge in [0, 0.05) is 35.4 Å². The van der Waals surface area contributed by atoms with Crippen LogP contribution in [0.25, 0.3) is 0 Å². The van der Waals surface area contributed by atoms with Crippen molar-refractivity contribution in [3.63, 3.8) is 0 Å². The van der Waals surface area contributed by atoms with Gasteiger partial charge < -0.3 is 10.2 Å². The highest BCUT2D eigenvalue weighted by Crippen LogP contribution is 2.24. The zero-order valence-corrected chi connectivity index (χ0v) is 15.0. The molecular weight excluding hydrogens is 376 g/mol. The lowest BCUT2D eigenvalue weighted by Gasteiger charge is -2.27. The van der Waals surface area contributed by atoms with Gasteiger partial charge in [0.2, 0.25) is 5.91 Å². The van der Waals surface area contributed by atoms with E-state index >= 15 is 0 Å². The van der Waals surface area contributed by atoms with Crippen molar-refractivity contribution < 1.29 is 9.59 Å². The molecule has 23 heavy (non-hydrogen) atoms. The van der Waals surface area contributed by atoms with Crippen molar-refractivity contribution >= 4 is 39.1 Å². The van der Waals surface area contributed by atoms with Crippen LogP contribution in [0.2, 0.25) is 0 Å². The predicted octanol–water partition coefficient (Wildman–Crippen LogP) is 3.22. The van der Waals surface area contributed by atoms with Gasteiger partial charge in [-0.25, -0.2) is 0 Å². The highest BCUT2D eigenvalue weighted by Gasteiger charge is 2.21. The maximum Gasteiger partial charge on any atom is 0.252 e. The number of fused-ring (bicyclic) bond motifs is 1. The van der Waals surface area contributed by atoms with E-state index < -0.39 is 0 Å². The molecule has 0 radical (unpaired) electrons. The maximum absolute atomic E-state index is 12.3. The molecule has 1 aliphatic heterocycles. The van der Waals surface area contributed by atoms with Gasteiger partial charge in [0.15, 0.2) is 0 Å². The van der Waals surface area contributed by atoms with Crippen LogP contribution in [0.1, 0.15) is 27.2 Å². The van der Waals surface area contributed by atoms with Crippen LogP contribution in [-0.4, -0.2) is 29.8 Å². The van der Waals surface area contributed by atoms with Crippen LogP contribution in [0.4, 0.5) is 0 Å².